The molecule has 0 spiro atoms. The SMILES string of the molecule is CCC[C@@H]1CN(C(=O)CSc2cccc(OC)c2)C[C@H]1N. The maximum atomic E-state index is 12.3. The normalized spacial score (nSPS) is 21.6. The first-order chi connectivity index (χ1) is 10.1. The number of amides is 1. The van der Waals surface area contributed by atoms with Crippen molar-refractivity contribution in [1.29, 1.82) is 0 Å². The van der Waals surface area contributed by atoms with Crippen molar-refractivity contribution in [2.45, 2.75) is 30.7 Å². The maximum absolute atomic E-state index is 12.3. The third-order valence-electron chi connectivity index (χ3n) is 3.91. The molecule has 1 aromatic rings. The Bertz CT molecular complexity index is 481. The molecular weight excluding hydrogens is 284 g/mol. The van der Waals surface area contributed by atoms with Crippen LogP contribution in [0.5, 0.6) is 5.75 Å². The lowest BCUT2D eigenvalue weighted by molar-refractivity contribution is -0.127. The zero-order chi connectivity index (χ0) is 15.2. The van der Waals surface area contributed by atoms with Gasteiger partial charge in [-0.15, -0.1) is 11.8 Å². The number of methoxy groups -OCH3 is 1. The molecule has 2 rings (SSSR count). The zero-order valence-electron chi connectivity index (χ0n) is 12.7. The minimum absolute atomic E-state index is 0.135. The number of carbonyl (C=O) groups is 1. The summed E-state index contributed by atoms with van der Waals surface area (Å²) in [6.07, 6.45) is 2.23. The van der Waals surface area contributed by atoms with Crippen LogP contribution in [0.25, 0.3) is 0 Å². The highest BCUT2D eigenvalue weighted by molar-refractivity contribution is 8.00. The minimum atomic E-state index is 0.135. The number of rotatable bonds is 6. The van der Waals surface area contributed by atoms with Gasteiger partial charge >= 0.3 is 0 Å². The van der Waals surface area contributed by atoms with E-state index in [1.807, 2.05) is 29.2 Å². The Morgan fingerprint density at radius 2 is 2.29 bits per heavy atom. The third kappa shape index (κ3) is 4.38. The van der Waals surface area contributed by atoms with Crippen molar-refractivity contribution < 1.29 is 9.53 Å². The molecule has 1 heterocycles. The van der Waals surface area contributed by atoms with Gasteiger partial charge in [0.15, 0.2) is 0 Å². The summed E-state index contributed by atoms with van der Waals surface area (Å²) in [5.74, 6) is 1.91. The molecule has 4 nitrogen and oxygen atoms in total. The van der Waals surface area contributed by atoms with Gasteiger partial charge in [-0.3, -0.25) is 4.79 Å². The predicted octanol–water partition coefficient (Wildman–Crippen LogP) is 2.37. The van der Waals surface area contributed by atoms with Crippen molar-refractivity contribution in [2.75, 3.05) is 26.0 Å². The third-order valence-corrected chi connectivity index (χ3v) is 4.89. The number of hydrogen-bond donors (Lipinski definition) is 1. The summed E-state index contributed by atoms with van der Waals surface area (Å²) in [4.78, 5) is 15.3. The van der Waals surface area contributed by atoms with E-state index < -0.39 is 0 Å². The van der Waals surface area contributed by atoms with Crippen LogP contribution in [-0.2, 0) is 4.79 Å². The average molecular weight is 308 g/mol. The van der Waals surface area contributed by atoms with Crippen molar-refractivity contribution in [3.8, 4) is 5.75 Å². The number of ether oxygens (including phenoxy) is 1. The van der Waals surface area contributed by atoms with E-state index in [4.69, 9.17) is 10.5 Å². The van der Waals surface area contributed by atoms with Gasteiger partial charge in [-0.1, -0.05) is 19.4 Å². The maximum Gasteiger partial charge on any atom is 0.232 e. The van der Waals surface area contributed by atoms with E-state index >= 15 is 0 Å². The van der Waals surface area contributed by atoms with Crippen LogP contribution in [0.1, 0.15) is 19.8 Å². The molecule has 21 heavy (non-hydrogen) atoms. The van der Waals surface area contributed by atoms with Crippen molar-refractivity contribution in [2.24, 2.45) is 11.7 Å². The van der Waals surface area contributed by atoms with Crippen LogP contribution in [0.2, 0.25) is 0 Å². The molecule has 2 N–H and O–H groups in total. The van der Waals surface area contributed by atoms with Crippen molar-refractivity contribution in [1.82, 2.24) is 4.90 Å². The van der Waals surface area contributed by atoms with Crippen LogP contribution < -0.4 is 10.5 Å². The molecule has 0 radical (unpaired) electrons. The van der Waals surface area contributed by atoms with E-state index in [2.05, 4.69) is 6.92 Å². The quantitative estimate of drug-likeness (QED) is 0.820. The molecule has 116 valence electrons. The summed E-state index contributed by atoms with van der Waals surface area (Å²) in [6.45, 7) is 3.67. The fraction of sp³-hybridized carbons (Fsp3) is 0.562. The highest BCUT2D eigenvalue weighted by Crippen LogP contribution is 2.25. The van der Waals surface area contributed by atoms with Gasteiger partial charge in [0.25, 0.3) is 0 Å². The molecule has 0 bridgehead atoms. The monoisotopic (exact) mass is 308 g/mol. The van der Waals surface area contributed by atoms with Gasteiger partial charge in [0.05, 0.1) is 12.9 Å². The Kier molecular flexibility index (Phi) is 5.94. The first-order valence-corrected chi connectivity index (χ1v) is 8.42. The molecule has 1 amide bonds. The van der Waals surface area contributed by atoms with Crippen molar-refractivity contribution in [3.63, 3.8) is 0 Å². The standard InChI is InChI=1S/C16H24N2O2S/c1-3-5-12-9-18(10-15(12)17)16(19)11-21-14-7-4-6-13(8-14)20-2/h4,6-8,12,15H,3,5,9-11,17H2,1-2H3/t12-,15-/m1/s1. The molecule has 1 saturated heterocycles. The number of benzene rings is 1. The predicted molar refractivity (Wildman–Crippen MR) is 86.7 cm³/mol. The van der Waals surface area contributed by atoms with Gasteiger partial charge in [0, 0.05) is 24.0 Å². The summed E-state index contributed by atoms with van der Waals surface area (Å²) >= 11 is 1.55. The van der Waals surface area contributed by atoms with E-state index in [1.165, 1.54) is 0 Å². The van der Waals surface area contributed by atoms with Gasteiger partial charge in [0.2, 0.25) is 5.91 Å². The number of nitrogens with two attached hydrogens (primary N) is 1. The second-order valence-corrected chi connectivity index (χ2v) is 6.53. The van der Waals surface area contributed by atoms with Crippen LogP contribution in [0.3, 0.4) is 0 Å². The summed E-state index contributed by atoms with van der Waals surface area (Å²) in [6, 6.07) is 7.93. The van der Waals surface area contributed by atoms with E-state index in [0.717, 1.165) is 30.0 Å². The Hall–Kier alpha value is -1.20. The molecular formula is C16H24N2O2S. The number of thioether (sulfide) groups is 1. The molecule has 1 aliphatic rings. The first kappa shape index (κ1) is 16.2. The second-order valence-electron chi connectivity index (χ2n) is 5.48. The summed E-state index contributed by atoms with van der Waals surface area (Å²) in [5.41, 5.74) is 6.12. The second kappa shape index (κ2) is 7.71. The van der Waals surface area contributed by atoms with Crippen LogP contribution >= 0.6 is 11.8 Å². The van der Waals surface area contributed by atoms with Gasteiger partial charge in [-0.25, -0.2) is 0 Å². The molecule has 1 aromatic carbocycles. The fourth-order valence-corrected chi connectivity index (χ4v) is 3.55. The lowest BCUT2D eigenvalue weighted by atomic mass is 9.99. The lowest BCUT2D eigenvalue weighted by Gasteiger charge is -2.16. The number of nitrogens with zero attached hydrogens (tertiary/aromatic N) is 1. The summed E-state index contributed by atoms with van der Waals surface area (Å²) in [7, 11) is 1.65. The molecule has 1 fully saturated rings. The van der Waals surface area contributed by atoms with Crippen LogP contribution in [0.4, 0.5) is 0 Å². The molecule has 1 aliphatic heterocycles. The van der Waals surface area contributed by atoms with Gasteiger partial charge in [-0.2, -0.15) is 0 Å². The van der Waals surface area contributed by atoms with Gasteiger partial charge < -0.3 is 15.4 Å². The number of likely N-dealkylation sites (tertiary alicyclic amines) is 1. The zero-order valence-corrected chi connectivity index (χ0v) is 13.6. The van der Waals surface area contributed by atoms with Crippen LogP contribution in [-0.4, -0.2) is 42.8 Å². The molecule has 0 aliphatic carbocycles. The molecule has 2 atom stereocenters. The average Bonchev–Trinajstić information content (AvgIpc) is 2.87. The molecule has 0 aromatic heterocycles. The first-order valence-electron chi connectivity index (χ1n) is 7.44. The van der Waals surface area contributed by atoms with Crippen molar-refractivity contribution in [3.05, 3.63) is 24.3 Å². The smallest absolute Gasteiger partial charge is 0.232 e. The highest BCUT2D eigenvalue weighted by atomic mass is 32.2. The highest BCUT2D eigenvalue weighted by Gasteiger charge is 2.31. The van der Waals surface area contributed by atoms with Crippen LogP contribution in [0, 0.1) is 5.92 Å². The van der Waals surface area contributed by atoms with E-state index in [0.29, 0.717) is 18.2 Å². The lowest BCUT2D eigenvalue weighted by Crippen LogP contribution is -2.33. The van der Waals surface area contributed by atoms with E-state index in [-0.39, 0.29) is 11.9 Å². The summed E-state index contributed by atoms with van der Waals surface area (Å²) < 4.78 is 5.19. The Morgan fingerprint density at radius 1 is 1.48 bits per heavy atom. The Morgan fingerprint density at radius 3 is 3.00 bits per heavy atom. The number of carbonyl (C=O) groups excluding carboxylic acids is 1. The largest absolute Gasteiger partial charge is 0.497 e. The van der Waals surface area contributed by atoms with Crippen LogP contribution in [0.15, 0.2) is 29.2 Å². The minimum Gasteiger partial charge on any atom is -0.497 e. The molecule has 5 heteroatoms. The Labute approximate surface area is 131 Å². The van der Waals surface area contributed by atoms with Crippen molar-refractivity contribution >= 4 is 17.7 Å². The Balaban J connectivity index is 1.84. The summed E-state index contributed by atoms with van der Waals surface area (Å²) in [5, 5.41) is 0. The molecule has 0 unspecified atom stereocenters. The fourth-order valence-electron chi connectivity index (χ4n) is 2.70. The van der Waals surface area contributed by atoms with Gasteiger partial charge in [0.1, 0.15) is 5.75 Å². The number of hydrogen-bond acceptors (Lipinski definition) is 4. The molecule has 0 saturated carbocycles. The van der Waals surface area contributed by atoms with E-state index in [1.54, 1.807) is 18.9 Å². The topological polar surface area (TPSA) is 55.6 Å². The van der Waals surface area contributed by atoms with E-state index in [9.17, 15) is 4.79 Å². The van der Waals surface area contributed by atoms with Gasteiger partial charge in [-0.05, 0) is 30.5 Å².